The predicted octanol–water partition coefficient (Wildman–Crippen LogP) is 3.07. The van der Waals surface area contributed by atoms with Gasteiger partial charge in [0.15, 0.2) is 0 Å². The number of ketones is 1. The molecule has 0 spiro atoms. The zero-order valence-corrected chi connectivity index (χ0v) is 19.6. The van der Waals surface area contributed by atoms with Crippen LogP contribution in [-0.4, -0.2) is 68.5 Å². The van der Waals surface area contributed by atoms with Crippen molar-refractivity contribution in [1.29, 1.82) is 0 Å². The zero-order valence-electron chi connectivity index (χ0n) is 19.6. The lowest BCUT2D eigenvalue weighted by molar-refractivity contribution is -0.384. The van der Waals surface area contributed by atoms with Crippen LogP contribution in [0.5, 0.6) is 0 Å². The van der Waals surface area contributed by atoms with Gasteiger partial charge in [-0.25, -0.2) is 4.68 Å². The summed E-state index contributed by atoms with van der Waals surface area (Å²) in [5.41, 5.74) is 1.72. The van der Waals surface area contributed by atoms with Gasteiger partial charge in [-0.1, -0.05) is 30.3 Å². The third kappa shape index (κ3) is 4.43. The molecule has 1 aliphatic heterocycles. The molecule has 1 aromatic heterocycles. The Balaban J connectivity index is 1.87. The molecule has 1 N–H and O–H groups in total. The Morgan fingerprint density at radius 3 is 2.51 bits per heavy atom. The van der Waals surface area contributed by atoms with Crippen LogP contribution < -0.4 is 0 Å². The molecule has 1 fully saturated rings. The molecule has 1 amide bonds. The van der Waals surface area contributed by atoms with Crippen molar-refractivity contribution >= 4 is 23.1 Å². The number of hydrogen-bond acceptors (Lipinski definition) is 7. The smallest absolute Gasteiger partial charge is 0.295 e. The van der Waals surface area contributed by atoms with E-state index in [4.69, 9.17) is 0 Å². The summed E-state index contributed by atoms with van der Waals surface area (Å²) < 4.78 is 1.62. The second-order valence-electron chi connectivity index (χ2n) is 8.54. The van der Waals surface area contributed by atoms with Gasteiger partial charge in [0.2, 0.25) is 0 Å². The van der Waals surface area contributed by atoms with Gasteiger partial charge in [0.1, 0.15) is 5.76 Å². The van der Waals surface area contributed by atoms with Gasteiger partial charge in [-0.15, -0.1) is 0 Å². The molecule has 0 aliphatic carbocycles. The molecular formula is C25H25N5O5. The highest BCUT2D eigenvalue weighted by atomic mass is 16.6. The van der Waals surface area contributed by atoms with Gasteiger partial charge in [0.25, 0.3) is 17.4 Å². The summed E-state index contributed by atoms with van der Waals surface area (Å²) >= 11 is 0. The third-order valence-corrected chi connectivity index (χ3v) is 5.99. The van der Waals surface area contributed by atoms with Gasteiger partial charge >= 0.3 is 0 Å². The highest BCUT2D eigenvalue weighted by Gasteiger charge is 2.46. The number of carbonyl (C=O) groups excluding carboxylic acids is 2. The first kappa shape index (κ1) is 23.8. The van der Waals surface area contributed by atoms with Crippen LogP contribution in [0.15, 0.2) is 66.4 Å². The quantitative estimate of drug-likeness (QED) is 0.183. The van der Waals surface area contributed by atoms with E-state index in [1.54, 1.807) is 17.7 Å². The lowest BCUT2D eigenvalue weighted by Crippen LogP contribution is -2.35. The molecule has 180 valence electrons. The molecule has 0 bridgehead atoms. The molecule has 1 saturated heterocycles. The number of aromatic nitrogens is 2. The highest BCUT2D eigenvalue weighted by Crippen LogP contribution is 2.40. The largest absolute Gasteiger partial charge is 0.507 e. The summed E-state index contributed by atoms with van der Waals surface area (Å²) in [5, 5.41) is 27.1. The number of likely N-dealkylation sites (tertiary alicyclic amines) is 1. The fourth-order valence-electron chi connectivity index (χ4n) is 4.19. The number of benzene rings is 2. The van der Waals surface area contributed by atoms with Crippen LogP contribution in [0.3, 0.4) is 0 Å². The van der Waals surface area contributed by atoms with Crippen molar-refractivity contribution < 1.29 is 19.6 Å². The lowest BCUT2D eigenvalue weighted by Gasteiger charge is -2.26. The van der Waals surface area contributed by atoms with Gasteiger partial charge in [0, 0.05) is 25.2 Å². The van der Waals surface area contributed by atoms with Crippen LogP contribution >= 0.6 is 0 Å². The minimum atomic E-state index is -0.977. The maximum absolute atomic E-state index is 13.2. The molecule has 2 heterocycles. The maximum Gasteiger partial charge on any atom is 0.295 e. The molecule has 0 radical (unpaired) electrons. The summed E-state index contributed by atoms with van der Waals surface area (Å²) in [4.78, 5) is 40.3. The number of para-hydroxylation sites is 1. The Kier molecular flexibility index (Phi) is 6.48. The van der Waals surface area contributed by atoms with Crippen molar-refractivity contribution in [1.82, 2.24) is 19.6 Å². The summed E-state index contributed by atoms with van der Waals surface area (Å²) in [6.07, 6.45) is 1.44. The molecule has 4 rings (SSSR count). The van der Waals surface area contributed by atoms with Crippen molar-refractivity contribution in [3.63, 3.8) is 0 Å². The van der Waals surface area contributed by atoms with E-state index in [1.807, 2.05) is 49.3 Å². The number of rotatable bonds is 7. The molecule has 1 aliphatic rings. The average Bonchev–Trinajstić information content (AvgIpc) is 3.35. The number of carbonyl (C=O) groups is 2. The highest BCUT2D eigenvalue weighted by molar-refractivity contribution is 6.46. The van der Waals surface area contributed by atoms with E-state index in [0.29, 0.717) is 23.4 Å². The number of nitro benzene ring substituents is 1. The number of nitrogens with zero attached hydrogens (tertiary/aromatic N) is 5. The third-order valence-electron chi connectivity index (χ3n) is 5.99. The van der Waals surface area contributed by atoms with E-state index in [1.165, 1.54) is 29.3 Å². The maximum atomic E-state index is 13.2. The minimum absolute atomic E-state index is 0.120. The molecule has 2 aromatic carbocycles. The molecule has 1 atom stereocenters. The topological polar surface area (TPSA) is 122 Å². The number of Topliss-reactive ketones (excluding diaryl/α,β-unsaturated/α-hetero) is 1. The molecular weight excluding hydrogens is 450 g/mol. The fourth-order valence-corrected chi connectivity index (χ4v) is 4.19. The molecule has 10 heteroatoms. The van der Waals surface area contributed by atoms with Crippen LogP contribution in [0.25, 0.3) is 11.4 Å². The van der Waals surface area contributed by atoms with Crippen molar-refractivity contribution in [3.05, 3.63) is 93.3 Å². The number of aliphatic hydroxyl groups excluding tert-OH is 1. The molecule has 35 heavy (non-hydrogen) atoms. The first-order valence-corrected chi connectivity index (χ1v) is 11.0. The summed E-state index contributed by atoms with van der Waals surface area (Å²) in [6.45, 7) is 2.41. The van der Waals surface area contributed by atoms with Crippen molar-refractivity contribution in [3.8, 4) is 5.69 Å². The fraction of sp³-hybridized carbons (Fsp3) is 0.240. The van der Waals surface area contributed by atoms with E-state index in [9.17, 15) is 24.8 Å². The predicted molar refractivity (Wildman–Crippen MR) is 129 cm³/mol. The van der Waals surface area contributed by atoms with Crippen molar-refractivity contribution in [2.24, 2.45) is 0 Å². The normalized spacial score (nSPS) is 17.4. The molecule has 10 nitrogen and oxygen atoms in total. The minimum Gasteiger partial charge on any atom is -0.507 e. The van der Waals surface area contributed by atoms with E-state index < -0.39 is 22.7 Å². The average molecular weight is 476 g/mol. The Bertz CT molecular complexity index is 1330. The standard InChI is InChI=1S/C25H25N5O5/c1-16-20(15-26-29(16)18-9-5-4-6-10-18)23(31)21-22(17-8-7-11-19(14-17)30(34)35)28(13-12-27(2)3)25(33)24(21)32/h4-11,14-15,22,31H,12-13H2,1-3H3/b23-21+. The van der Waals surface area contributed by atoms with E-state index in [-0.39, 0.29) is 23.6 Å². The zero-order chi connectivity index (χ0) is 25.3. The van der Waals surface area contributed by atoms with E-state index >= 15 is 0 Å². The Labute approximate surface area is 201 Å². The Morgan fingerprint density at radius 2 is 1.86 bits per heavy atom. The van der Waals surface area contributed by atoms with Gasteiger partial charge in [-0.05, 0) is 38.7 Å². The van der Waals surface area contributed by atoms with Crippen LogP contribution in [0, 0.1) is 17.0 Å². The first-order valence-electron chi connectivity index (χ1n) is 11.0. The summed E-state index contributed by atoms with van der Waals surface area (Å²) in [5.74, 6) is -1.98. The lowest BCUT2D eigenvalue weighted by atomic mass is 9.95. The molecule has 3 aromatic rings. The number of hydrogen-bond donors (Lipinski definition) is 1. The first-order chi connectivity index (χ1) is 16.7. The van der Waals surface area contributed by atoms with Crippen molar-refractivity contribution in [2.75, 3.05) is 27.2 Å². The Hall–Kier alpha value is -4.31. The van der Waals surface area contributed by atoms with Gasteiger partial charge in [0.05, 0.1) is 39.7 Å². The van der Waals surface area contributed by atoms with Crippen molar-refractivity contribution in [2.45, 2.75) is 13.0 Å². The van der Waals surface area contributed by atoms with Gasteiger partial charge < -0.3 is 14.9 Å². The Morgan fingerprint density at radius 1 is 1.14 bits per heavy atom. The number of non-ortho nitro benzene ring substituents is 1. The molecule has 1 unspecified atom stereocenters. The number of nitro groups is 1. The van der Waals surface area contributed by atoms with Crippen LogP contribution in [0.2, 0.25) is 0 Å². The van der Waals surface area contributed by atoms with E-state index in [0.717, 1.165) is 5.69 Å². The van der Waals surface area contributed by atoms with Gasteiger partial charge in [-0.2, -0.15) is 5.10 Å². The number of amides is 1. The monoisotopic (exact) mass is 475 g/mol. The van der Waals surface area contributed by atoms with Crippen LogP contribution in [0.4, 0.5) is 5.69 Å². The second-order valence-corrected chi connectivity index (χ2v) is 8.54. The summed E-state index contributed by atoms with van der Waals surface area (Å²) in [7, 11) is 3.67. The number of aliphatic hydroxyl groups is 1. The van der Waals surface area contributed by atoms with Crippen LogP contribution in [-0.2, 0) is 9.59 Å². The number of likely N-dealkylation sites (N-methyl/N-ethyl adjacent to an activating group) is 1. The van der Waals surface area contributed by atoms with E-state index in [2.05, 4.69) is 5.10 Å². The molecule has 0 saturated carbocycles. The second kappa shape index (κ2) is 9.51. The van der Waals surface area contributed by atoms with Gasteiger partial charge in [-0.3, -0.25) is 19.7 Å². The van der Waals surface area contributed by atoms with Crippen LogP contribution in [0.1, 0.15) is 22.9 Å². The summed E-state index contributed by atoms with van der Waals surface area (Å²) in [6, 6.07) is 14.1. The SMILES string of the molecule is Cc1c(/C(O)=C2\C(=O)C(=O)N(CCN(C)C)C2c2cccc([N+](=O)[O-])c2)cnn1-c1ccccc1.